The standard InChI is InChI=1S/C23H19N3O2S2/c1-2-13-26-22(28)19-12-14-29-21(19)25-23(26)30-15-20(27)24-18-10-8-17(9-11-18)16-6-4-3-5-7-16/h2-12,14H,1,13,15H2,(H,24,27). The first-order valence-electron chi connectivity index (χ1n) is 9.33. The van der Waals surface area contributed by atoms with Gasteiger partial charge in [0.2, 0.25) is 5.91 Å². The normalized spacial score (nSPS) is 10.8. The van der Waals surface area contributed by atoms with E-state index in [1.54, 1.807) is 16.7 Å². The molecule has 1 N–H and O–H groups in total. The van der Waals surface area contributed by atoms with Crippen molar-refractivity contribution < 1.29 is 4.79 Å². The fraction of sp³-hybridized carbons (Fsp3) is 0.0870. The molecule has 4 aromatic rings. The van der Waals surface area contributed by atoms with Gasteiger partial charge in [-0.15, -0.1) is 17.9 Å². The Kier molecular flexibility index (Phi) is 6.11. The number of carbonyl (C=O) groups excluding carboxylic acids is 1. The molecule has 0 fully saturated rings. The number of hydrogen-bond acceptors (Lipinski definition) is 5. The first-order valence-corrected chi connectivity index (χ1v) is 11.2. The first-order chi connectivity index (χ1) is 14.7. The van der Waals surface area contributed by atoms with Crippen molar-refractivity contribution in [3.8, 4) is 11.1 Å². The van der Waals surface area contributed by atoms with Gasteiger partial charge in [0.1, 0.15) is 4.83 Å². The molecule has 30 heavy (non-hydrogen) atoms. The predicted octanol–water partition coefficient (Wildman–Crippen LogP) is 5.04. The summed E-state index contributed by atoms with van der Waals surface area (Å²) >= 11 is 2.66. The summed E-state index contributed by atoms with van der Waals surface area (Å²) in [5.74, 6) is -0.000828. The van der Waals surface area contributed by atoms with Crippen LogP contribution in [0, 0.1) is 0 Å². The van der Waals surface area contributed by atoms with Crippen LogP contribution in [0.1, 0.15) is 0 Å². The molecule has 2 aromatic carbocycles. The van der Waals surface area contributed by atoms with Crippen LogP contribution >= 0.6 is 23.1 Å². The van der Waals surface area contributed by atoms with E-state index < -0.39 is 0 Å². The Balaban J connectivity index is 1.44. The van der Waals surface area contributed by atoms with Gasteiger partial charge in [0.25, 0.3) is 5.56 Å². The lowest BCUT2D eigenvalue weighted by Crippen LogP contribution is -2.23. The summed E-state index contributed by atoms with van der Waals surface area (Å²) < 4.78 is 1.55. The number of benzene rings is 2. The quantitative estimate of drug-likeness (QED) is 0.252. The van der Waals surface area contributed by atoms with Crippen LogP contribution in [0.3, 0.4) is 0 Å². The Morgan fingerprint density at radius 2 is 1.83 bits per heavy atom. The number of amides is 1. The number of anilines is 1. The molecule has 7 heteroatoms. The van der Waals surface area contributed by atoms with Gasteiger partial charge in [-0.05, 0) is 34.7 Å². The third-order valence-electron chi connectivity index (χ3n) is 4.47. The number of thioether (sulfide) groups is 1. The highest BCUT2D eigenvalue weighted by atomic mass is 32.2. The zero-order chi connectivity index (χ0) is 20.9. The van der Waals surface area contributed by atoms with Gasteiger partial charge < -0.3 is 5.32 Å². The molecule has 150 valence electrons. The molecular weight excluding hydrogens is 414 g/mol. The van der Waals surface area contributed by atoms with E-state index in [1.165, 1.54) is 23.1 Å². The van der Waals surface area contributed by atoms with Crippen molar-refractivity contribution in [3.05, 3.63) is 89.1 Å². The van der Waals surface area contributed by atoms with E-state index in [1.807, 2.05) is 60.0 Å². The minimum Gasteiger partial charge on any atom is -0.325 e. The highest BCUT2D eigenvalue weighted by Crippen LogP contribution is 2.23. The van der Waals surface area contributed by atoms with Crippen molar-refractivity contribution in [3.63, 3.8) is 0 Å². The number of nitrogens with zero attached hydrogens (tertiary/aromatic N) is 2. The average molecular weight is 434 g/mol. The molecule has 1 amide bonds. The van der Waals surface area contributed by atoms with Gasteiger partial charge in [0.05, 0.1) is 11.1 Å². The summed E-state index contributed by atoms with van der Waals surface area (Å²) in [6.45, 7) is 4.06. The third kappa shape index (κ3) is 4.37. The fourth-order valence-electron chi connectivity index (χ4n) is 3.03. The summed E-state index contributed by atoms with van der Waals surface area (Å²) in [4.78, 5) is 30.3. The van der Waals surface area contributed by atoms with Crippen molar-refractivity contribution in [2.45, 2.75) is 11.7 Å². The number of rotatable bonds is 7. The number of hydrogen-bond donors (Lipinski definition) is 1. The maximum Gasteiger partial charge on any atom is 0.263 e. The molecule has 4 rings (SSSR count). The molecule has 0 spiro atoms. The largest absolute Gasteiger partial charge is 0.325 e. The van der Waals surface area contributed by atoms with Gasteiger partial charge >= 0.3 is 0 Å². The van der Waals surface area contributed by atoms with E-state index in [0.29, 0.717) is 21.9 Å². The van der Waals surface area contributed by atoms with Crippen molar-refractivity contribution in [2.75, 3.05) is 11.1 Å². The lowest BCUT2D eigenvalue weighted by Gasteiger charge is -2.10. The van der Waals surface area contributed by atoms with Crippen molar-refractivity contribution in [1.82, 2.24) is 9.55 Å². The molecule has 0 bridgehead atoms. The van der Waals surface area contributed by atoms with E-state index in [2.05, 4.69) is 16.9 Å². The Bertz CT molecular complexity index is 1250. The van der Waals surface area contributed by atoms with Crippen LogP contribution in [0.25, 0.3) is 21.3 Å². The molecule has 0 aliphatic carbocycles. The van der Waals surface area contributed by atoms with Crippen LogP contribution in [-0.2, 0) is 11.3 Å². The molecule has 2 heterocycles. The SMILES string of the molecule is C=CCn1c(SCC(=O)Nc2ccc(-c3ccccc3)cc2)nc2sccc2c1=O. The maximum absolute atomic E-state index is 12.7. The zero-order valence-corrected chi connectivity index (χ0v) is 17.7. The van der Waals surface area contributed by atoms with Gasteiger partial charge in [0, 0.05) is 12.2 Å². The van der Waals surface area contributed by atoms with E-state index >= 15 is 0 Å². The smallest absolute Gasteiger partial charge is 0.263 e. The zero-order valence-electron chi connectivity index (χ0n) is 16.1. The maximum atomic E-state index is 12.7. The topological polar surface area (TPSA) is 64.0 Å². The van der Waals surface area contributed by atoms with Crippen LogP contribution in [0.5, 0.6) is 0 Å². The van der Waals surface area contributed by atoms with Crippen molar-refractivity contribution in [2.24, 2.45) is 0 Å². The Morgan fingerprint density at radius 3 is 2.57 bits per heavy atom. The third-order valence-corrected chi connectivity index (χ3v) is 6.25. The van der Waals surface area contributed by atoms with Gasteiger partial charge in [-0.3, -0.25) is 14.2 Å². The minimum atomic E-state index is -0.155. The van der Waals surface area contributed by atoms with Gasteiger partial charge in [-0.25, -0.2) is 4.98 Å². The number of aromatic nitrogens is 2. The molecular formula is C23H19N3O2S2. The monoisotopic (exact) mass is 433 g/mol. The highest BCUT2D eigenvalue weighted by Gasteiger charge is 2.13. The van der Waals surface area contributed by atoms with Gasteiger partial charge in [-0.1, -0.05) is 60.3 Å². The molecule has 0 unspecified atom stereocenters. The number of thiophene rings is 1. The number of allylic oxidation sites excluding steroid dienone is 1. The Labute approximate surface area is 182 Å². The second-order valence-corrected chi connectivity index (χ2v) is 8.36. The molecule has 0 saturated carbocycles. The molecule has 2 aromatic heterocycles. The average Bonchev–Trinajstić information content (AvgIpc) is 3.25. The van der Waals surface area contributed by atoms with Gasteiger partial charge in [0.15, 0.2) is 5.16 Å². The molecule has 0 radical (unpaired) electrons. The number of carbonyl (C=O) groups is 1. The predicted molar refractivity (Wildman–Crippen MR) is 125 cm³/mol. The molecule has 0 aliphatic heterocycles. The first kappa shape index (κ1) is 20.1. The minimum absolute atomic E-state index is 0.111. The lowest BCUT2D eigenvalue weighted by molar-refractivity contribution is -0.113. The molecule has 0 atom stereocenters. The molecule has 0 saturated heterocycles. The second-order valence-electron chi connectivity index (χ2n) is 6.52. The van der Waals surface area contributed by atoms with Crippen LogP contribution in [0.15, 0.2) is 88.6 Å². The Hall–Kier alpha value is -3.16. The van der Waals surface area contributed by atoms with E-state index in [9.17, 15) is 9.59 Å². The van der Waals surface area contributed by atoms with Gasteiger partial charge in [-0.2, -0.15) is 0 Å². The molecule has 5 nitrogen and oxygen atoms in total. The molecule has 0 aliphatic rings. The van der Waals surface area contributed by atoms with Crippen molar-refractivity contribution in [1.29, 1.82) is 0 Å². The van der Waals surface area contributed by atoms with Crippen molar-refractivity contribution >= 4 is 44.9 Å². The summed E-state index contributed by atoms with van der Waals surface area (Å²) in [7, 11) is 0. The number of nitrogens with one attached hydrogen (secondary N) is 1. The summed E-state index contributed by atoms with van der Waals surface area (Å²) in [5.41, 5.74) is 2.83. The van der Waals surface area contributed by atoms with Crippen LogP contribution in [-0.4, -0.2) is 21.2 Å². The van der Waals surface area contributed by atoms with E-state index in [4.69, 9.17) is 0 Å². The van der Waals surface area contributed by atoms with E-state index in [0.717, 1.165) is 16.8 Å². The summed E-state index contributed by atoms with van der Waals surface area (Å²) in [5, 5.41) is 5.85. The lowest BCUT2D eigenvalue weighted by atomic mass is 10.1. The van der Waals surface area contributed by atoms with Crippen LogP contribution in [0.4, 0.5) is 5.69 Å². The fourth-order valence-corrected chi connectivity index (χ4v) is 4.65. The Morgan fingerprint density at radius 1 is 1.10 bits per heavy atom. The highest BCUT2D eigenvalue weighted by molar-refractivity contribution is 7.99. The number of fused-ring (bicyclic) bond motifs is 1. The van der Waals surface area contributed by atoms with Crippen LogP contribution < -0.4 is 10.9 Å². The summed E-state index contributed by atoms with van der Waals surface area (Å²) in [6, 6.07) is 19.6. The second kappa shape index (κ2) is 9.11. The summed E-state index contributed by atoms with van der Waals surface area (Å²) in [6.07, 6.45) is 1.65. The van der Waals surface area contributed by atoms with E-state index in [-0.39, 0.29) is 17.2 Å². The van der Waals surface area contributed by atoms with Crippen LogP contribution in [0.2, 0.25) is 0 Å².